The minimum Gasteiger partial charge on any atom is -0.496 e. The van der Waals surface area contributed by atoms with Gasteiger partial charge in [0.15, 0.2) is 0 Å². The number of alkyl halides is 3. The number of carbonyl (C=O) groups is 1. The largest absolute Gasteiger partial charge is 0.496 e. The smallest absolute Gasteiger partial charge is 0.420 e. The van der Waals surface area contributed by atoms with Crippen molar-refractivity contribution in [1.29, 1.82) is 0 Å². The van der Waals surface area contributed by atoms with E-state index in [0.717, 1.165) is 13.2 Å². The molecule has 0 spiro atoms. The van der Waals surface area contributed by atoms with Crippen molar-refractivity contribution >= 4 is 17.6 Å². The Hall–Kier alpha value is -1.43. The number of benzene rings is 1. The fraction of sp³-hybridized carbons (Fsp3) is 0.462. The molecule has 0 saturated heterocycles. The molecule has 0 aliphatic heterocycles. The van der Waals surface area contributed by atoms with E-state index in [1.54, 1.807) is 0 Å². The van der Waals surface area contributed by atoms with Crippen molar-refractivity contribution in [1.82, 2.24) is 0 Å². The van der Waals surface area contributed by atoms with Gasteiger partial charge in [-0.15, -0.1) is 0 Å². The molecule has 1 aliphatic rings. The molecule has 20 heavy (non-hydrogen) atoms. The zero-order valence-corrected chi connectivity index (χ0v) is 11.3. The maximum absolute atomic E-state index is 13.0. The number of rotatable bonds is 3. The Balaban J connectivity index is 2.70. The number of hydrogen-bond donors (Lipinski definition) is 1. The Morgan fingerprint density at radius 2 is 2.00 bits per heavy atom. The van der Waals surface area contributed by atoms with Crippen molar-refractivity contribution in [2.45, 2.75) is 30.9 Å². The van der Waals surface area contributed by atoms with Gasteiger partial charge < -0.3 is 9.84 Å². The maximum atomic E-state index is 13.0. The van der Waals surface area contributed by atoms with Crippen molar-refractivity contribution in [3.63, 3.8) is 0 Å². The molecule has 3 nitrogen and oxygen atoms in total. The molecule has 1 aromatic carbocycles. The first kappa shape index (κ1) is 15.0. The predicted molar refractivity (Wildman–Crippen MR) is 66.2 cm³/mol. The van der Waals surface area contributed by atoms with E-state index in [1.165, 1.54) is 6.07 Å². The van der Waals surface area contributed by atoms with Gasteiger partial charge >= 0.3 is 12.1 Å². The van der Waals surface area contributed by atoms with Gasteiger partial charge in [0.05, 0.1) is 18.1 Å². The summed E-state index contributed by atoms with van der Waals surface area (Å²) >= 11 is 5.73. The zero-order chi connectivity index (χ0) is 15.1. The van der Waals surface area contributed by atoms with Crippen LogP contribution in [0, 0.1) is 0 Å². The van der Waals surface area contributed by atoms with Gasteiger partial charge in [-0.2, -0.15) is 13.2 Å². The van der Waals surface area contributed by atoms with E-state index in [9.17, 15) is 23.1 Å². The highest BCUT2D eigenvalue weighted by molar-refractivity contribution is 6.30. The highest BCUT2D eigenvalue weighted by atomic mass is 35.5. The molecule has 0 amide bonds. The summed E-state index contributed by atoms with van der Waals surface area (Å²) in [7, 11) is 1.09. The number of aliphatic carboxylic acids is 1. The number of carboxylic acids is 1. The topological polar surface area (TPSA) is 46.5 Å². The quantitative estimate of drug-likeness (QED) is 0.922. The standard InChI is InChI=1S/C13H12ClF3O3/c1-20-10-8(12(11(18)19)3-2-4-12)5-7(14)6-9(10)13(15,16)17/h5-6H,2-4H2,1H3,(H,18,19). The van der Waals surface area contributed by atoms with Crippen LogP contribution in [0.2, 0.25) is 5.02 Å². The van der Waals surface area contributed by atoms with Crippen LogP contribution in [0.25, 0.3) is 0 Å². The van der Waals surface area contributed by atoms with Gasteiger partial charge in [0.25, 0.3) is 0 Å². The van der Waals surface area contributed by atoms with Crippen LogP contribution in [0.1, 0.15) is 30.4 Å². The summed E-state index contributed by atoms with van der Waals surface area (Å²) in [5.41, 5.74) is -2.38. The second-order valence-electron chi connectivity index (χ2n) is 4.77. The minimum absolute atomic E-state index is 0.00132. The van der Waals surface area contributed by atoms with Crippen LogP contribution in [0.4, 0.5) is 13.2 Å². The predicted octanol–water partition coefficient (Wildman–Crippen LogP) is 3.87. The number of hydrogen-bond acceptors (Lipinski definition) is 2. The van der Waals surface area contributed by atoms with Gasteiger partial charge in [0, 0.05) is 10.6 Å². The number of carboxylic acid groups (broad SMARTS) is 1. The third-order valence-corrected chi connectivity index (χ3v) is 3.91. The molecule has 0 radical (unpaired) electrons. The molecular weight excluding hydrogens is 297 g/mol. The first-order valence-corrected chi connectivity index (χ1v) is 6.29. The Kier molecular flexibility index (Phi) is 3.62. The molecule has 0 heterocycles. The molecule has 7 heteroatoms. The van der Waals surface area contributed by atoms with Gasteiger partial charge in [0.1, 0.15) is 5.75 Å². The van der Waals surface area contributed by atoms with Crippen molar-refractivity contribution < 1.29 is 27.8 Å². The second kappa shape index (κ2) is 4.84. The fourth-order valence-corrected chi connectivity index (χ4v) is 2.73. The van der Waals surface area contributed by atoms with Crippen LogP contribution < -0.4 is 4.74 Å². The van der Waals surface area contributed by atoms with Crippen LogP contribution in [0.3, 0.4) is 0 Å². The van der Waals surface area contributed by atoms with E-state index in [2.05, 4.69) is 0 Å². The lowest BCUT2D eigenvalue weighted by Crippen LogP contribution is -2.42. The van der Waals surface area contributed by atoms with Crippen molar-refractivity contribution in [2.75, 3.05) is 7.11 Å². The van der Waals surface area contributed by atoms with Crippen molar-refractivity contribution in [3.8, 4) is 5.75 Å². The molecule has 1 N–H and O–H groups in total. The van der Waals surface area contributed by atoms with Gasteiger partial charge in [-0.1, -0.05) is 18.0 Å². The lowest BCUT2D eigenvalue weighted by molar-refractivity contribution is -0.148. The number of halogens is 4. The molecule has 1 aromatic rings. The van der Waals surface area contributed by atoms with Gasteiger partial charge in [-0.25, -0.2) is 0 Å². The summed E-state index contributed by atoms with van der Waals surface area (Å²) in [6.07, 6.45) is -3.47. The molecule has 110 valence electrons. The lowest BCUT2D eigenvalue weighted by Gasteiger charge is -2.39. The summed E-state index contributed by atoms with van der Waals surface area (Å²) in [5.74, 6) is -1.61. The van der Waals surface area contributed by atoms with Gasteiger partial charge in [0.2, 0.25) is 0 Å². The van der Waals surface area contributed by atoms with E-state index in [1.807, 2.05) is 0 Å². The highest BCUT2D eigenvalue weighted by Gasteiger charge is 2.50. The number of ether oxygens (including phenoxy) is 1. The minimum atomic E-state index is -4.66. The molecule has 1 fully saturated rings. The SMILES string of the molecule is COc1c(C(F)(F)F)cc(Cl)cc1C1(C(=O)O)CCC1. The molecular formula is C13H12ClF3O3. The summed E-state index contributed by atoms with van der Waals surface area (Å²) in [4.78, 5) is 11.5. The highest BCUT2D eigenvalue weighted by Crippen LogP contribution is 2.51. The summed E-state index contributed by atoms with van der Waals surface area (Å²) in [6, 6.07) is 2.00. The molecule has 0 unspecified atom stereocenters. The monoisotopic (exact) mass is 308 g/mol. The van der Waals surface area contributed by atoms with E-state index >= 15 is 0 Å². The molecule has 0 atom stereocenters. The van der Waals surface area contributed by atoms with Gasteiger partial charge in [-0.3, -0.25) is 4.79 Å². The average Bonchev–Trinajstić information content (AvgIpc) is 2.25. The first-order chi connectivity index (χ1) is 9.22. The normalized spacial score (nSPS) is 17.4. The average molecular weight is 309 g/mol. The zero-order valence-electron chi connectivity index (χ0n) is 10.6. The van der Waals surface area contributed by atoms with E-state index < -0.39 is 28.9 Å². The van der Waals surface area contributed by atoms with Crippen LogP contribution in [0.5, 0.6) is 5.75 Å². The van der Waals surface area contributed by atoms with Crippen LogP contribution >= 0.6 is 11.6 Å². The van der Waals surface area contributed by atoms with Crippen molar-refractivity contribution in [2.24, 2.45) is 0 Å². The Labute approximate surface area is 118 Å². The van der Waals surface area contributed by atoms with E-state index in [0.29, 0.717) is 6.42 Å². The molecule has 0 aromatic heterocycles. The fourth-order valence-electron chi connectivity index (χ4n) is 2.51. The first-order valence-electron chi connectivity index (χ1n) is 5.91. The van der Waals surface area contributed by atoms with Crippen LogP contribution in [-0.2, 0) is 16.4 Å². The molecule has 1 saturated carbocycles. The number of methoxy groups -OCH3 is 1. The third-order valence-electron chi connectivity index (χ3n) is 3.70. The summed E-state index contributed by atoms with van der Waals surface area (Å²) in [5, 5.41) is 9.21. The third kappa shape index (κ3) is 2.22. The maximum Gasteiger partial charge on any atom is 0.420 e. The van der Waals surface area contributed by atoms with E-state index in [-0.39, 0.29) is 23.4 Å². The van der Waals surface area contributed by atoms with E-state index in [4.69, 9.17) is 16.3 Å². The van der Waals surface area contributed by atoms with Crippen molar-refractivity contribution in [3.05, 3.63) is 28.3 Å². The molecule has 1 aliphatic carbocycles. The molecule has 2 rings (SSSR count). The van der Waals surface area contributed by atoms with Gasteiger partial charge in [-0.05, 0) is 25.0 Å². The Bertz CT molecular complexity index is 551. The van der Waals surface area contributed by atoms with Crippen LogP contribution in [-0.4, -0.2) is 18.2 Å². The second-order valence-corrected chi connectivity index (χ2v) is 5.21. The summed E-state index contributed by atoms with van der Waals surface area (Å²) in [6.45, 7) is 0. The Morgan fingerprint density at radius 1 is 1.40 bits per heavy atom. The lowest BCUT2D eigenvalue weighted by atomic mass is 9.64. The molecule has 0 bridgehead atoms. The Morgan fingerprint density at radius 3 is 2.35 bits per heavy atom. The summed E-state index contributed by atoms with van der Waals surface area (Å²) < 4.78 is 43.9. The van der Waals surface area contributed by atoms with Crippen LogP contribution in [0.15, 0.2) is 12.1 Å².